The van der Waals surface area contributed by atoms with Crippen molar-refractivity contribution >= 4 is 5.78 Å². The molecule has 2 bridgehead atoms. The number of carbonyl (C=O) groups excluding carboxylic acids is 1. The molecule has 1 spiro atoms. The average molecular weight is 252 g/mol. The molecule has 0 saturated heterocycles. The molecular formula is C15H24O3. The third-order valence-corrected chi connectivity index (χ3v) is 6.41. The Labute approximate surface area is 109 Å². The van der Waals surface area contributed by atoms with Crippen molar-refractivity contribution < 1.29 is 15.0 Å². The molecule has 3 fully saturated rings. The first-order valence-corrected chi connectivity index (χ1v) is 7.19. The van der Waals surface area contributed by atoms with Crippen LogP contribution in [0.15, 0.2) is 0 Å². The Hall–Kier alpha value is -0.410. The predicted octanol–water partition coefficient (Wildman–Crippen LogP) is 1.91. The van der Waals surface area contributed by atoms with Crippen LogP contribution in [-0.2, 0) is 4.79 Å². The van der Waals surface area contributed by atoms with Crippen LogP contribution in [-0.4, -0.2) is 28.7 Å². The number of hydrogen-bond donors (Lipinski definition) is 2. The van der Waals surface area contributed by atoms with E-state index in [1.165, 1.54) is 0 Å². The molecule has 0 aromatic rings. The largest absolute Gasteiger partial charge is 0.396 e. The standard InChI is InChI=1S/C15H24O3/c1-13-5-3-10-14(2,9-16)7-12(18)15(10,8-13)6-4-11(13)17/h10,12,16,18H,3-9H2,1-2H3/t10-,12-,13-,14-,15-/m0/s1. The van der Waals surface area contributed by atoms with Crippen molar-refractivity contribution in [1.29, 1.82) is 0 Å². The van der Waals surface area contributed by atoms with Gasteiger partial charge < -0.3 is 10.2 Å². The van der Waals surface area contributed by atoms with Gasteiger partial charge in [-0.3, -0.25) is 4.79 Å². The number of ketones is 1. The van der Waals surface area contributed by atoms with Crippen LogP contribution in [0.1, 0.15) is 52.4 Å². The molecule has 0 unspecified atom stereocenters. The molecule has 0 amide bonds. The van der Waals surface area contributed by atoms with Crippen molar-refractivity contribution in [1.82, 2.24) is 0 Å². The van der Waals surface area contributed by atoms with Crippen LogP contribution in [0.25, 0.3) is 0 Å². The van der Waals surface area contributed by atoms with Crippen molar-refractivity contribution in [2.75, 3.05) is 6.61 Å². The van der Waals surface area contributed by atoms with Gasteiger partial charge in [0, 0.05) is 23.9 Å². The fourth-order valence-electron chi connectivity index (χ4n) is 5.36. The second-order valence-electron chi connectivity index (χ2n) is 7.52. The van der Waals surface area contributed by atoms with Gasteiger partial charge in [0.2, 0.25) is 0 Å². The molecule has 0 aromatic heterocycles. The predicted molar refractivity (Wildman–Crippen MR) is 67.9 cm³/mol. The second kappa shape index (κ2) is 3.57. The lowest BCUT2D eigenvalue weighted by Crippen LogP contribution is -2.53. The van der Waals surface area contributed by atoms with Crippen molar-refractivity contribution in [3.05, 3.63) is 0 Å². The van der Waals surface area contributed by atoms with Gasteiger partial charge in [-0.05, 0) is 43.4 Å². The molecule has 3 rings (SSSR count). The normalized spacial score (nSPS) is 55.4. The maximum Gasteiger partial charge on any atom is 0.138 e. The molecule has 0 heterocycles. The van der Waals surface area contributed by atoms with Gasteiger partial charge in [0.05, 0.1) is 6.10 Å². The summed E-state index contributed by atoms with van der Waals surface area (Å²) < 4.78 is 0. The zero-order valence-corrected chi connectivity index (χ0v) is 11.4. The number of carbonyl (C=O) groups is 1. The molecule has 102 valence electrons. The summed E-state index contributed by atoms with van der Waals surface area (Å²) in [6.07, 6.45) is 4.54. The lowest BCUT2D eigenvalue weighted by Gasteiger charge is -2.54. The average Bonchev–Trinajstić information content (AvgIpc) is 2.54. The van der Waals surface area contributed by atoms with Crippen molar-refractivity contribution in [2.24, 2.45) is 22.2 Å². The summed E-state index contributed by atoms with van der Waals surface area (Å²) in [7, 11) is 0. The Morgan fingerprint density at radius 3 is 2.72 bits per heavy atom. The number of rotatable bonds is 1. The molecule has 3 aliphatic rings. The molecule has 0 aliphatic heterocycles. The van der Waals surface area contributed by atoms with Crippen LogP contribution in [0, 0.1) is 22.2 Å². The first-order chi connectivity index (χ1) is 8.36. The van der Waals surface area contributed by atoms with E-state index in [9.17, 15) is 15.0 Å². The van der Waals surface area contributed by atoms with E-state index in [0.29, 0.717) is 24.5 Å². The molecule has 3 saturated carbocycles. The highest BCUT2D eigenvalue weighted by molar-refractivity contribution is 5.85. The fourth-order valence-corrected chi connectivity index (χ4v) is 5.36. The number of aliphatic hydroxyl groups excluding tert-OH is 2. The van der Waals surface area contributed by atoms with Crippen LogP contribution in [0.2, 0.25) is 0 Å². The van der Waals surface area contributed by atoms with Crippen molar-refractivity contribution in [2.45, 2.75) is 58.5 Å². The third-order valence-electron chi connectivity index (χ3n) is 6.41. The Morgan fingerprint density at radius 1 is 1.33 bits per heavy atom. The van der Waals surface area contributed by atoms with Crippen LogP contribution >= 0.6 is 0 Å². The Bertz CT molecular complexity index is 393. The number of hydrogen-bond acceptors (Lipinski definition) is 3. The topological polar surface area (TPSA) is 57.5 Å². The molecule has 3 heteroatoms. The number of fused-ring (bicyclic) bond motifs is 1. The summed E-state index contributed by atoms with van der Waals surface area (Å²) in [5.41, 5.74) is -0.462. The van der Waals surface area contributed by atoms with Gasteiger partial charge in [-0.15, -0.1) is 0 Å². The van der Waals surface area contributed by atoms with Crippen molar-refractivity contribution in [3.63, 3.8) is 0 Å². The molecule has 18 heavy (non-hydrogen) atoms. The maximum atomic E-state index is 12.1. The minimum atomic E-state index is -0.340. The smallest absolute Gasteiger partial charge is 0.138 e. The molecule has 0 radical (unpaired) electrons. The summed E-state index contributed by atoms with van der Waals surface area (Å²) in [5, 5.41) is 20.3. The molecule has 3 aliphatic carbocycles. The monoisotopic (exact) mass is 252 g/mol. The quantitative estimate of drug-likeness (QED) is 0.749. The van der Waals surface area contributed by atoms with Gasteiger partial charge in [-0.2, -0.15) is 0 Å². The highest BCUT2D eigenvalue weighted by Gasteiger charge is 2.65. The first-order valence-electron chi connectivity index (χ1n) is 7.19. The Morgan fingerprint density at radius 2 is 2.06 bits per heavy atom. The van der Waals surface area contributed by atoms with Crippen LogP contribution < -0.4 is 0 Å². The number of Topliss-reactive ketones (excluding diaryl/α,β-unsaturated/α-hetero) is 1. The van der Waals surface area contributed by atoms with Gasteiger partial charge in [0.25, 0.3) is 0 Å². The minimum absolute atomic E-state index is 0.0988. The number of aliphatic hydroxyl groups is 2. The Balaban J connectivity index is 2.01. The minimum Gasteiger partial charge on any atom is -0.396 e. The summed E-state index contributed by atoms with van der Waals surface area (Å²) in [4.78, 5) is 12.1. The lowest BCUT2D eigenvalue weighted by atomic mass is 9.49. The van der Waals surface area contributed by atoms with E-state index in [-0.39, 0.29) is 29.0 Å². The fraction of sp³-hybridized carbons (Fsp3) is 0.933. The first kappa shape index (κ1) is 12.6. The van der Waals surface area contributed by atoms with E-state index in [4.69, 9.17) is 0 Å². The van der Waals surface area contributed by atoms with E-state index in [1.807, 2.05) is 0 Å². The zero-order chi connectivity index (χ0) is 13.2. The third kappa shape index (κ3) is 1.35. The van der Waals surface area contributed by atoms with Gasteiger partial charge in [0.1, 0.15) is 5.78 Å². The molecular weight excluding hydrogens is 228 g/mol. The van der Waals surface area contributed by atoms with Gasteiger partial charge in [-0.25, -0.2) is 0 Å². The Kier molecular flexibility index (Phi) is 2.50. The molecule has 3 nitrogen and oxygen atoms in total. The second-order valence-corrected chi connectivity index (χ2v) is 7.52. The van der Waals surface area contributed by atoms with Gasteiger partial charge >= 0.3 is 0 Å². The van der Waals surface area contributed by atoms with Gasteiger partial charge in [-0.1, -0.05) is 13.8 Å². The lowest BCUT2D eigenvalue weighted by molar-refractivity contribution is -0.150. The molecule has 5 atom stereocenters. The summed E-state index contributed by atoms with van der Waals surface area (Å²) in [6, 6.07) is 0. The highest BCUT2D eigenvalue weighted by atomic mass is 16.3. The van der Waals surface area contributed by atoms with E-state index >= 15 is 0 Å². The highest BCUT2D eigenvalue weighted by Crippen LogP contribution is 2.67. The van der Waals surface area contributed by atoms with Crippen LogP contribution in [0.3, 0.4) is 0 Å². The SMILES string of the molecule is C[C@@]12CC[C@H]3[C@](C)(CO)C[C@H](O)[C@@]3(CCC1=O)C2. The van der Waals surface area contributed by atoms with Gasteiger partial charge in [0.15, 0.2) is 0 Å². The van der Waals surface area contributed by atoms with E-state index in [2.05, 4.69) is 13.8 Å². The van der Waals surface area contributed by atoms with E-state index in [0.717, 1.165) is 25.7 Å². The molecule has 0 aromatic carbocycles. The van der Waals surface area contributed by atoms with Crippen LogP contribution in [0.5, 0.6) is 0 Å². The van der Waals surface area contributed by atoms with Crippen LogP contribution in [0.4, 0.5) is 0 Å². The molecule has 2 N–H and O–H groups in total. The maximum absolute atomic E-state index is 12.1. The summed E-state index contributed by atoms with van der Waals surface area (Å²) in [5.74, 6) is 0.766. The van der Waals surface area contributed by atoms with Crippen molar-refractivity contribution in [3.8, 4) is 0 Å². The summed E-state index contributed by atoms with van der Waals surface area (Å²) >= 11 is 0. The summed E-state index contributed by atoms with van der Waals surface area (Å²) in [6.45, 7) is 4.34. The van der Waals surface area contributed by atoms with E-state index in [1.54, 1.807) is 0 Å². The van der Waals surface area contributed by atoms with E-state index < -0.39 is 0 Å². The zero-order valence-electron chi connectivity index (χ0n) is 11.4.